The molecule has 0 N–H and O–H groups in total. The molecule has 2 heterocycles. The van der Waals surface area contributed by atoms with Crippen molar-refractivity contribution in [2.24, 2.45) is 0 Å². The molecule has 1 aliphatic rings. The summed E-state index contributed by atoms with van der Waals surface area (Å²) in [6, 6.07) is 10.6. The lowest BCUT2D eigenvalue weighted by Crippen LogP contribution is -2.38. The highest BCUT2D eigenvalue weighted by molar-refractivity contribution is 7.10. The lowest BCUT2D eigenvalue weighted by Gasteiger charge is -2.34. The Kier molecular flexibility index (Phi) is 4.44. The minimum atomic E-state index is 0.116. The number of nitrogens with zero attached hydrogens (tertiary/aromatic N) is 1. The molecule has 0 spiro atoms. The number of benzene rings is 1. The van der Waals surface area contributed by atoms with Crippen molar-refractivity contribution in [1.82, 2.24) is 4.90 Å². The van der Waals surface area contributed by atoms with Gasteiger partial charge in [0, 0.05) is 17.5 Å². The van der Waals surface area contributed by atoms with Gasteiger partial charge in [-0.2, -0.15) is 0 Å². The third-order valence-corrected chi connectivity index (χ3v) is 5.22. The summed E-state index contributed by atoms with van der Waals surface area (Å²) in [6.07, 6.45) is 5.58. The molecule has 2 aromatic rings. The van der Waals surface area contributed by atoms with E-state index in [1.54, 1.807) is 6.08 Å². The van der Waals surface area contributed by atoms with E-state index in [0.717, 1.165) is 24.9 Å². The van der Waals surface area contributed by atoms with E-state index in [1.165, 1.54) is 16.0 Å². The third kappa shape index (κ3) is 3.00. The van der Waals surface area contributed by atoms with Crippen LogP contribution < -0.4 is 0 Å². The normalized spacial score (nSPS) is 17.7. The Labute approximate surface area is 136 Å². The van der Waals surface area contributed by atoms with Gasteiger partial charge in [0.1, 0.15) is 0 Å². The van der Waals surface area contributed by atoms with Crippen molar-refractivity contribution in [1.29, 1.82) is 0 Å². The Morgan fingerprint density at radius 2 is 2.27 bits per heavy atom. The molecule has 0 bridgehead atoms. The molecular formula is C19H21NOS. The van der Waals surface area contributed by atoms with Crippen LogP contribution in [0.5, 0.6) is 0 Å². The largest absolute Gasteiger partial charge is 0.332 e. The van der Waals surface area contributed by atoms with Crippen molar-refractivity contribution < 1.29 is 4.79 Å². The van der Waals surface area contributed by atoms with E-state index in [0.29, 0.717) is 0 Å². The zero-order valence-corrected chi connectivity index (χ0v) is 13.9. The Morgan fingerprint density at radius 3 is 3.05 bits per heavy atom. The first kappa shape index (κ1) is 15.0. The highest BCUT2D eigenvalue weighted by Crippen LogP contribution is 2.35. The number of carbonyl (C=O) groups is 1. The maximum absolute atomic E-state index is 12.6. The number of amides is 1. The van der Waals surface area contributed by atoms with Crippen molar-refractivity contribution >= 4 is 23.3 Å². The van der Waals surface area contributed by atoms with Crippen LogP contribution in [0.4, 0.5) is 0 Å². The van der Waals surface area contributed by atoms with E-state index in [4.69, 9.17) is 0 Å². The van der Waals surface area contributed by atoms with Crippen LogP contribution in [-0.2, 0) is 11.2 Å². The van der Waals surface area contributed by atoms with Gasteiger partial charge in [0.25, 0.3) is 0 Å². The predicted octanol–water partition coefficient (Wildman–Crippen LogP) is 4.61. The molecule has 1 unspecified atom stereocenters. The minimum Gasteiger partial charge on any atom is -0.332 e. The quantitative estimate of drug-likeness (QED) is 0.758. The molecule has 1 aliphatic heterocycles. The summed E-state index contributed by atoms with van der Waals surface area (Å²) in [5, 5.41) is 2.14. The fourth-order valence-electron chi connectivity index (χ4n) is 3.14. The molecule has 3 heteroatoms. The smallest absolute Gasteiger partial charge is 0.247 e. The average Bonchev–Trinajstić information content (AvgIpc) is 3.00. The van der Waals surface area contributed by atoms with Gasteiger partial charge in [-0.15, -0.1) is 11.3 Å². The van der Waals surface area contributed by atoms with Crippen LogP contribution in [0, 0.1) is 6.92 Å². The number of hydrogen-bond donors (Lipinski definition) is 0. The molecule has 1 amide bonds. The molecule has 114 valence electrons. The highest BCUT2D eigenvalue weighted by Gasteiger charge is 2.29. The summed E-state index contributed by atoms with van der Waals surface area (Å²) in [6.45, 7) is 5.04. The fraction of sp³-hybridized carbons (Fsp3) is 0.316. The van der Waals surface area contributed by atoms with Gasteiger partial charge in [-0.3, -0.25) is 4.79 Å². The second-order valence-electron chi connectivity index (χ2n) is 5.75. The summed E-state index contributed by atoms with van der Waals surface area (Å²) in [7, 11) is 0. The fourth-order valence-corrected chi connectivity index (χ4v) is 4.07. The van der Waals surface area contributed by atoms with Gasteiger partial charge in [0.05, 0.1) is 6.04 Å². The van der Waals surface area contributed by atoms with Gasteiger partial charge in [-0.05, 0) is 48.4 Å². The van der Waals surface area contributed by atoms with E-state index >= 15 is 0 Å². The number of fused-ring (bicyclic) bond motifs is 1. The van der Waals surface area contributed by atoms with Crippen molar-refractivity contribution in [3.05, 3.63) is 63.4 Å². The van der Waals surface area contributed by atoms with Crippen LogP contribution in [0.2, 0.25) is 0 Å². The van der Waals surface area contributed by atoms with Crippen molar-refractivity contribution in [3.63, 3.8) is 0 Å². The van der Waals surface area contributed by atoms with Crippen LogP contribution in [0.1, 0.15) is 41.0 Å². The van der Waals surface area contributed by atoms with Gasteiger partial charge in [-0.1, -0.05) is 36.8 Å². The molecule has 2 nitrogen and oxygen atoms in total. The van der Waals surface area contributed by atoms with Crippen LogP contribution in [0.3, 0.4) is 0 Å². The number of rotatable bonds is 3. The summed E-state index contributed by atoms with van der Waals surface area (Å²) >= 11 is 1.81. The van der Waals surface area contributed by atoms with Crippen molar-refractivity contribution in [3.8, 4) is 0 Å². The number of thiophene rings is 1. The minimum absolute atomic E-state index is 0.116. The van der Waals surface area contributed by atoms with Crippen LogP contribution >= 0.6 is 11.3 Å². The first-order valence-corrected chi connectivity index (χ1v) is 8.68. The summed E-state index contributed by atoms with van der Waals surface area (Å²) in [5.41, 5.74) is 3.63. The Morgan fingerprint density at radius 1 is 1.41 bits per heavy atom. The topological polar surface area (TPSA) is 20.3 Å². The molecule has 1 aromatic heterocycles. The molecule has 3 rings (SSSR count). The zero-order chi connectivity index (χ0) is 15.5. The molecule has 0 aliphatic carbocycles. The summed E-state index contributed by atoms with van der Waals surface area (Å²) in [5.74, 6) is 0.116. The number of carbonyl (C=O) groups excluding carboxylic acids is 1. The molecule has 0 saturated heterocycles. The van der Waals surface area contributed by atoms with E-state index in [-0.39, 0.29) is 11.9 Å². The Hall–Kier alpha value is -1.87. The molecule has 22 heavy (non-hydrogen) atoms. The monoisotopic (exact) mass is 311 g/mol. The van der Waals surface area contributed by atoms with Crippen molar-refractivity contribution in [2.45, 2.75) is 32.7 Å². The molecule has 0 fully saturated rings. The van der Waals surface area contributed by atoms with Crippen LogP contribution in [0.25, 0.3) is 6.08 Å². The highest BCUT2D eigenvalue weighted by atomic mass is 32.1. The lowest BCUT2D eigenvalue weighted by atomic mass is 9.97. The average molecular weight is 311 g/mol. The van der Waals surface area contributed by atoms with Crippen LogP contribution in [-0.4, -0.2) is 17.4 Å². The van der Waals surface area contributed by atoms with Gasteiger partial charge >= 0.3 is 0 Å². The van der Waals surface area contributed by atoms with Gasteiger partial charge in [0.15, 0.2) is 0 Å². The standard InChI is InChI=1S/C19H21NOS/c1-3-17-16-10-12-22-18(16)9-11-20(17)19(21)8-7-15-6-4-5-14(2)13-15/h4-8,10,12-13,17H,3,9,11H2,1-2H3/b8-7+. The zero-order valence-electron chi connectivity index (χ0n) is 13.1. The first-order chi connectivity index (χ1) is 10.7. The summed E-state index contributed by atoms with van der Waals surface area (Å²) < 4.78 is 0. The lowest BCUT2D eigenvalue weighted by molar-refractivity contribution is -0.128. The molecule has 1 aromatic carbocycles. The van der Waals surface area contributed by atoms with Crippen LogP contribution in [0.15, 0.2) is 41.8 Å². The Balaban J connectivity index is 1.77. The molecule has 1 atom stereocenters. The maximum atomic E-state index is 12.6. The van der Waals surface area contributed by atoms with Gasteiger partial charge < -0.3 is 4.90 Å². The van der Waals surface area contributed by atoms with E-state index in [9.17, 15) is 4.79 Å². The van der Waals surface area contributed by atoms with Crippen molar-refractivity contribution in [2.75, 3.05) is 6.54 Å². The first-order valence-electron chi connectivity index (χ1n) is 7.80. The second kappa shape index (κ2) is 6.49. The molecule has 0 radical (unpaired) electrons. The second-order valence-corrected chi connectivity index (χ2v) is 6.75. The number of aryl methyl sites for hydroxylation is 1. The van der Waals surface area contributed by atoms with Gasteiger partial charge in [-0.25, -0.2) is 0 Å². The number of hydrogen-bond acceptors (Lipinski definition) is 2. The molecule has 0 saturated carbocycles. The Bertz CT molecular complexity index is 701. The van der Waals surface area contributed by atoms with E-state index in [2.05, 4.69) is 37.4 Å². The van der Waals surface area contributed by atoms with E-state index < -0.39 is 0 Å². The SMILES string of the molecule is CCC1c2ccsc2CCN1C(=O)/C=C/c1cccc(C)c1. The van der Waals surface area contributed by atoms with E-state index in [1.807, 2.05) is 34.4 Å². The maximum Gasteiger partial charge on any atom is 0.247 e. The third-order valence-electron chi connectivity index (χ3n) is 4.23. The predicted molar refractivity (Wildman–Crippen MR) is 93.0 cm³/mol. The molecular weight excluding hydrogens is 290 g/mol. The summed E-state index contributed by atoms with van der Waals surface area (Å²) in [4.78, 5) is 16.1. The van der Waals surface area contributed by atoms with Gasteiger partial charge in [0.2, 0.25) is 5.91 Å².